The molecule has 122 valence electrons. The zero-order valence-corrected chi connectivity index (χ0v) is 14.1. The Labute approximate surface area is 134 Å². The first kappa shape index (κ1) is 14.7. The number of rotatable bonds is 2. The average Bonchev–Trinajstić information content (AvgIpc) is 3.19. The number of hydrogen-bond acceptors (Lipinski definition) is 2. The number of fused-ring (bicyclic) bond motifs is 2. The van der Waals surface area contributed by atoms with Gasteiger partial charge in [0.25, 0.3) is 0 Å². The minimum absolute atomic E-state index is 0.281. The molecule has 3 heteroatoms. The van der Waals surface area contributed by atoms with E-state index in [1.165, 1.54) is 6.42 Å². The molecule has 2 aliphatic heterocycles. The molecule has 0 aromatic heterocycles. The largest absolute Gasteiger partial charge is 0.342 e. The molecule has 4 aliphatic rings. The predicted molar refractivity (Wildman–Crippen MR) is 88.2 cm³/mol. The summed E-state index contributed by atoms with van der Waals surface area (Å²) < 4.78 is 0. The van der Waals surface area contributed by atoms with Crippen LogP contribution in [0.3, 0.4) is 0 Å². The van der Waals surface area contributed by atoms with Gasteiger partial charge in [-0.1, -0.05) is 13.0 Å². The molecule has 4 rings (SSSR count). The summed E-state index contributed by atoms with van der Waals surface area (Å²) in [6, 6.07) is 0. The van der Waals surface area contributed by atoms with Gasteiger partial charge in [-0.15, -0.1) is 6.58 Å². The Morgan fingerprint density at radius 1 is 1.09 bits per heavy atom. The van der Waals surface area contributed by atoms with Crippen molar-refractivity contribution in [1.29, 1.82) is 0 Å². The maximum Gasteiger partial charge on any atom is 0.225 e. The van der Waals surface area contributed by atoms with Gasteiger partial charge < -0.3 is 9.80 Å². The molecule has 0 aromatic rings. The molecule has 0 aromatic carbocycles. The van der Waals surface area contributed by atoms with E-state index in [1.807, 2.05) is 0 Å². The average molecular weight is 302 g/mol. The van der Waals surface area contributed by atoms with E-state index in [2.05, 4.69) is 36.4 Å². The number of allylic oxidation sites excluding steroid dienone is 1. The van der Waals surface area contributed by atoms with Gasteiger partial charge in [-0.3, -0.25) is 4.79 Å². The number of carbonyl (C=O) groups excluding carboxylic acids is 1. The van der Waals surface area contributed by atoms with E-state index in [0.29, 0.717) is 17.7 Å². The smallest absolute Gasteiger partial charge is 0.225 e. The second kappa shape index (κ2) is 5.36. The van der Waals surface area contributed by atoms with Crippen LogP contribution in [0.1, 0.15) is 26.2 Å². The summed E-state index contributed by atoms with van der Waals surface area (Å²) in [6.45, 7) is 10.7. The van der Waals surface area contributed by atoms with Gasteiger partial charge in [-0.05, 0) is 74.9 Å². The zero-order valence-electron chi connectivity index (χ0n) is 14.1. The molecule has 6 atom stereocenters. The molecule has 2 saturated heterocycles. The summed E-state index contributed by atoms with van der Waals surface area (Å²) in [5.74, 6) is 5.42. The van der Waals surface area contributed by atoms with Gasteiger partial charge in [0.05, 0.1) is 0 Å². The van der Waals surface area contributed by atoms with E-state index in [-0.39, 0.29) is 5.92 Å². The second-order valence-electron chi connectivity index (χ2n) is 8.38. The van der Waals surface area contributed by atoms with Crippen molar-refractivity contribution in [2.24, 2.45) is 41.4 Å². The minimum atomic E-state index is 0.281. The van der Waals surface area contributed by atoms with E-state index >= 15 is 0 Å². The number of nitrogens with zero attached hydrogens (tertiary/aromatic N) is 2. The molecule has 0 spiro atoms. The van der Waals surface area contributed by atoms with Gasteiger partial charge in [0.1, 0.15) is 0 Å². The molecule has 0 N–H and O–H groups in total. The Bertz CT molecular complexity index is 468. The third-order valence-corrected chi connectivity index (χ3v) is 7.29. The lowest BCUT2D eigenvalue weighted by atomic mass is 9.69. The number of hydrogen-bond donors (Lipinski definition) is 0. The highest BCUT2D eigenvalue weighted by Gasteiger charge is 2.58. The van der Waals surface area contributed by atoms with Crippen LogP contribution < -0.4 is 0 Å². The lowest BCUT2D eigenvalue weighted by Crippen LogP contribution is -2.41. The fraction of sp³-hybridized carbons (Fsp3) is 0.842. The summed E-state index contributed by atoms with van der Waals surface area (Å²) in [6.07, 6.45) is 5.71. The molecule has 3 nitrogen and oxygen atoms in total. The van der Waals surface area contributed by atoms with Gasteiger partial charge in [0, 0.05) is 19.0 Å². The van der Waals surface area contributed by atoms with Crippen LogP contribution in [-0.2, 0) is 4.79 Å². The second-order valence-corrected chi connectivity index (χ2v) is 8.38. The Morgan fingerprint density at radius 3 is 2.45 bits per heavy atom. The molecule has 22 heavy (non-hydrogen) atoms. The van der Waals surface area contributed by atoms with Crippen LogP contribution in [0.2, 0.25) is 0 Å². The zero-order chi connectivity index (χ0) is 15.4. The van der Waals surface area contributed by atoms with Crippen molar-refractivity contribution < 1.29 is 4.79 Å². The fourth-order valence-corrected chi connectivity index (χ4v) is 5.78. The summed E-state index contributed by atoms with van der Waals surface area (Å²) in [4.78, 5) is 17.5. The summed E-state index contributed by atoms with van der Waals surface area (Å²) in [7, 11) is 2.16. The van der Waals surface area contributed by atoms with E-state index < -0.39 is 0 Å². The molecule has 6 unspecified atom stereocenters. The fourth-order valence-electron chi connectivity index (χ4n) is 5.78. The van der Waals surface area contributed by atoms with Crippen molar-refractivity contribution in [3.63, 3.8) is 0 Å². The topological polar surface area (TPSA) is 23.6 Å². The van der Waals surface area contributed by atoms with Crippen LogP contribution in [-0.4, -0.2) is 48.9 Å². The number of amides is 1. The Morgan fingerprint density at radius 2 is 1.77 bits per heavy atom. The Hall–Kier alpha value is -0.830. The standard InChI is InChI=1S/C19H30N2O/c1-4-14-16-9-15(16)12(2)17-10-21(11-18(14)17)19(22)13-5-7-20(3)8-6-13/h4,12-18H,1,5-11H2,2-3H3. The van der Waals surface area contributed by atoms with Gasteiger partial charge in [0.2, 0.25) is 5.91 Å². The molecule has 0 radical (unpaired) electrons. The van der Waals surface area contributed by atoms with E-state index in [0.717, 1.165) is 62.7 Å². The molecule has 2 aliphatic carbocycles. The van der Waals surface area contributed by atoms with Gasteiger partial charge >= 0.3 is 0 Å². The number of likely N-dealkylation sites (tertiary alicyclic amines) is 2. The monoisotopic (exact) mass is 302 g/mol. The van der Waals surface area contributed by atoms with Crippen molar-refractivity contribution in [2.75, 3.05) is 33.2 Å². The third kappa shape index (κ3) is 2.24. The molecule has 0 bridgehead atoms. The van der Waals surface area contributed by atoms with Crippen molar-refractivity contribution >= 4 is 5.91 Å². The highest BCUT2D eigenvalue weighted by Crippen LogP contribution is 2.61. The lowest BCUT2D eigenvalue weighted by Gasteiger charge is -2.35. The van der Waals surface area contributed by atoms with Crippen molar-refractivity contribution in [3.05, 3.63) is 12.7 Å². The Balaban J connectivity index is 1.45. The predicted octanol–water partition coefficient (Wildman–Crippen LogP) is 2.49. The van der Waals surface area contributed by atoms with Crippen LogP contribution in [0.15, 0.2) is 12.7 Å². The Kier molecular flexibility index (Phi) is 3.60. The SMILES string of the molecule is C=CC1C2CC2C(C)C2CN(C(=O)C3CCN(C)CC3)CC12. The van der Waals surface area contributed by atoms with Crippen LogP contribution in [0, 0.1) is 41.4 Å². The minimum Gasteiger partial charge on any atom is -0.342 e. The maximum absolute atomic E-state index is 12.9. The van der Waals surface area contributed by atoms with Crippen molar-refractivity contribution in [2.45, 2.75) is 26.2 Å². The normalized spacial score (nSPS) is 45.3. The maximum atomic E-state index is 12.9. The molecular formula is C19H30N2O. The first-order chi connectivity index (χ1) is 10.6. The van der Waals surface area contributed by atoms with E-state index in [1.54, 1.807) is 0 Å². The summed E-state index contributed by atoms with van der Waals surface area (Å²) in [5.41, 5.74) is 0. The van der Waals surface area contributed by atoms with Gasteiger partial charge in [0.15, 0.2) is 0 Å². The van der Waals surface area contributed by atoms with Crippen molar-refractivity contribution in [1.82, 2.24) is 9.80 Å². The third-order valence-electron chi connectivity index (χ3n) is 7.29. The quantitative estimate of drug-likeness (QED) is 0.732. The van der Waals surface area contributed by atoms with E-state index in [4.69, 9.17) is 0 Å². The summed E-state index contributed by atoms with van der Waals surface area (Å²) >= 11 is 0. The van der Waals surface area contributed by atoms with Crippen LogP contribution in [0.4, 0.5) is 0 Å². The number of carbonyl (C=O) groups is 1. The molecule has 4 fully saturated rings. The van der Waals surface area contributed by atoms with E-state index in [9.17, 15) is 4.79 Å². The number of piperidine rings is 1. The van der Waals surface area contributed by atoms with Crippen LogP contribution in [0.5, 0.6) is 0 Å². The first-order valence-corrected chi connectivity index (χ1v) is 9.20. The highest BCUT2D eigenvalue weighted by atomic mass is 16.2. The highest BCUT2D eigenvalue weighted by molar-refractivity contribution is 5.79. The molecular weight excluding hydrogens is 272 g/mol. The molecule has 1 amide bonds. The summed E-state index contributed by atoms with van der Waals surface area (Å²) in [5, 5.41) is 0. The molecule has 2 heterocycles. The van der Waals surface area contributed by atoms with Crippen molar-refractivity contribution in [3.8, 4) is 0 Å². The van der Waals surface area contributed by atoms with Gasteiger partial charge in [-0.2, -0.15) is 0 Å². The van der Waals surface area contributed by atoms with Gasteiger partial charge in [-0.25, -0.2) is 0 Å². The lowest BCUT2D eigenvalue weighted by molar-refractivity contribution is -0.136. The van der Waals surface area contributed by atoms with Crippen LogP contribution in [0.25, 0.3) is 0 Å². The first-order valence-electron chi connectivity index (χ1n) is 9.20. The van der Waals surface area contributed by atoms with Crippen LogP contribution >= 0.6 is 0 Å². The molecule has 2 saturated carbocycles.